The first-order chi connectivity index (χ1) is 11.6. The van der Waals surface area contributed by atoms with Gasteiger partial charge in [-0.3, -0.25) is 9.69 Å². The molecule has 1 aromatic heterocycles. The minimum atomic E-state index is -0.131. The highest BCUT2D eigenvalue weighted by Crippen LogP contribution is 2.01. The van der Waals surface area contributed by atoms with Crippen LogP contribution < -0.4 is 10.6 Å². The van der Waals surface area contributed by atoms with Gasteiger partial charge in [0.05, 0.1) is 18.8 Å². The zero-order chi connectivity index (χ0) is 17.2. The molecule has 24 heavy (non-hydrogen) atoms. The Kier molecular flexibility index (Phi) is 7.87. The SMILES string of the molecule is CN(C)CCCNC(=O)c1cnc(NCCN2CCOCC2)nc1. The molecule has 0 unspecified atom stereocenters. The average molecular weight is 336 g/mol. The van der Waals surface area contributed by atoms with Crippen LogP contribution in [0.3, 0.4) is 0 Å². The van der Waals surface area contributed by atoms with Crippen molar-refractivity contribution in [1.82, 2.24) is 25.1 Å². The Bertz CT molecular complexity index is 488. The van der Waals surface area contributed by atoms with Gasteiger partial charge in [-0.2, -0.15) is 0 Å². The molecule has 8 nitrogen and oxygen atoms in total. The summed E-state index contributed by atoms with van der Waals surface area (Å²) in [5.41, 5.74) is 0.485. The zero-order valence-corrected chi connectivity index (χ0v) is 14.6. The van der Waals surface area contributed by atoms with E-state index >= 15 is 0 Å². The maximum absolute atomic E-state index is 12.0. The minimum Gasteiger partial charge on any atom is -0.379 e. The quantitative estimate of drug-likeness (QED) is 0.610. The number of ether oxygens (including phenoxy) is 1. The van der Waals surface area contributed by atoms with Gasteiger partial charge in [-0.05, 0) is 27.1 Å². The molecule has 1 fully saturated rings. The summed E-state index contributed by atoms with van der Waals surface area (Å²) in [5, 5.41) is 6.06. The fraction of sp³-hybridized carbons (Fsp3) is 0.688. The van der Waals surface area contributed by atoms with Crippen molar-refractivity contribution >= 4 is 11.9 Å². The van der Waals surface area contributed by atoms with Crippen LogP contribution in [0.2, 0.25) is 0 Å². The van der Waals surface area contributed by atoms with Crippen molar-refractivity contribution in [1.29, 1.82) is 0 Å². The third-order valence-electron chi connectivity index (χ3n) is 3.80. The van der Waals surface area contributed by atoms with Gasteiger partial charge in [0, 0.05) is 45.1 Å². The van der Waals surface area contributed by atoms with Gasteiger partial charge in [-0.1, -0.05) is 0 Å². The van der Waals surface area contributed by atoms with Crippen LogP contribution in [-0.2, 0) is 4.74 Å². The standard InChI is InChI=1S/C16H28N6O2/c1-21(2)6-3-4-17-15(23)14-12-19-16(20-13-14)18-5-7-22-8-10-24-11-9-22/h12-13H,3-11H2,1-2H3,(H,17,23)(H,18,19,20). The summed E-state index contributed by atoms with van der Waals surface area (Å²) in [6.45, 7) is 6.84. The number of amides is 1. The second kappa shape index (κ2) is 10.2. The predicted molar refractivity (Wildman–Crippen MR) is 93.3 cm³/mol. The van der Waals surface area contributed by atoms with E-state index in [-0.39, 0.29) is 5.91 Å². The van der Waals surface area contributed by atoms with E-state index < -0.39 is 0 Å². The Morgan fingerprint density at radius 3 is 2.62 bits per heavy atom. The van der Waals surface area contributed by atoms with E-state index in [0.717, 1.165) is 52.4 Å². The normalized spacial score (nSPS) is 15.5. The van der Waals surface area contributed by atoms with E-state index in [1.807, 2.05) is 14.1 Å². The van der Waals surface area contributed by atoms with Gasteiger partial charge < -0.3 is 20.3 Å². The third kappa shape index (κ3) is 6.77. The van der Waals surface area contributed by atoms with Crippen molar-refractivity contribution < 1.29 is 9.53 Å². The van der Waals surface area contributed by atoms with Crippen molar-refractivity contribution in [2.45, 2.75) is 6.42 Å². The highest BCUT2D eigenvalue weighted by atomic mass is 16.5. The Morgan fingerprint density at radius 1 is 1.25 bits per heavy atom. The number of hydrogen-bond acceptors (Lipinski definition) is 7. The van der Waals surface area contributed by atoms with Crippen LogP contribution in [0.15, 0.2) is 12.4 Å². The summed E-state index contributed by atoms with van der Waals surface area (Å²) in [6, 6.07) is 0. The lowest BCUT2D eigenvalue weighted by molar-refractivity contribution is 0.0398. The summed E-state index contributed by atoms with van der Waals surface area (Å²) in [6.07, 6.45) is 4.04. The first kappa shape index (κ1) is 18.6. The number of nitrogens with one attached hydrogen (secondary N) is 2. The molecule has 2 rings (SSSR count). The van der Waals surface area contributed by atoms with E-state index in [1.165, 1.54) is 0 Å². The van der Waals surface area contributed by atoms with Crippen LogP contribution in [0, 0.1) is 0 Å². The fourth-order valence-corrected chi connectivity index (χ4v) is 2.39. The van der Waals surface area contributed by atoms with E-state index in [9.17, 15) is 4.79 Å². The zero-order valence-electron chi connectivity index (χ0n) is 14.6. The van der Waals surface area contributed by atoms with E-state index in [1.54, 1.807) is 12.4 Å². The molecule has 0 bridgehead atoms. The van der Waals surface area contributed by atoms with Gasteiger partial charge in [0.1, 0.15) is 0 Å². The molecule has 0 spiro atoms. The van der Waals surface area contributed by atoms with Crippen LogP contribution in [-0.4, -0.2) is 92.3 Å². The fourth-order valence-electron chi connectivity index (χ4n) is 2.39. The van der Waals surface area contributed by atoms with Crippen LogP contribution in [0.4, 0.5) is 5.95 Å². The molecular weight excluding hydrogens is 308 g/mol. The number of carbonyl (C=O) groups excluding carboxylic acids is 1. The maximum Gasteiger partial charge on any atom is 0.254 e. The van der Waals surface area contributed by atoms with Crippen LogP contribution in [0.1, 0.15) is 16.8 Å². The molecule has 0 atom stereocenters. The molecule has 0 saturated carbocycles. The summed E-state index contributed by atoms with van der Waals surface area (Å²) in [4.78, 5) is 24.8. The number of rotatable bonds is 9. The topological polar surface area (TPSA) is 82.6 Å². The van der Waals surface area contributed by atoms with E-state index in [4.69, 9.17) is 4.74 Å². The molecule has 8 heteroatoms. The summed E-state index contributed by atoms with van der Waals surface area (Å²) in [5.74, 6) is 0.418. The summed E-state index contributed by atoms with van der Waals surface area (Å²) >= 11 is 0. The minimum absolute atomic E-state index is 0.131. The van der Waals surface area contributed by atoms with Gasteiger partial charge in [0.25, 0.3) is 5.91 Å². The lowest BCUT2D eigenvalue weighted by Crippen LogP contribution is -2.39. The Morgan fingerprint density at radius 2 is 1.96 bits per heavy atom. The predicted octanol–water partition coefficient (Wildman–Crippen LogP) is -0.0978. The number of hydrogen-bond donors (Lipinski definition) is 2. The van der Waals surface area contributed by atoms with Crippen LogP contribution >= 0.6 is 0 Å². The molecule has 1 aliphatic heterocycles. The number of morpholine rings is 1. The van der Waals surface area contributed by atoms with E-state index in [0.29, 0.717) is 18.1 Å². The Balaban J connectivity index is 1.66. The van der Waals surface area contributed by atoms with Crippen molar-refractivity contribution in [3.05, 3.63) is 18.0 Å². The molecule has 2 heterocycles. The molecule has 1 saturated heterocycles. The van der Waals surface area contributed by atoms with E-state index in [2.05, 4.69) is 30.4 Å². The van der Waals surface area contributed by atoms with Crippen molar-refractivity contribution in [3.8, 4) is 0 Å². The molecule has 134 valence electrons. The first-order valence-corrected chi connectivity index (χ1v) is 8.44. The lowest BCUT2D eigenvalue weighted by atomic mass is 10.3. The van der Waals surface area contributed by atoms with Crippen molar-refractivity contribution in [3.63, 3.8) is 0 Å². The largest absolute Gasteiger partial charge is 0.379 e. The number of aromatic nitrogens is 2. The molecule has 1 aromatic rings. The Labute approximate surface area is 143 Å². The highest BCUT2D eigenvalue weighted by molar-refractivity contribution is 5.93. The molecule has 2 N–H and O–H groups in total. The number of anilines is 1. The van der Waals surface area contributed by atoms with Crippen molar-refractivity contribution in [2.75, 3.05) is 71.9 Å². The second-order valence-corrected chi connectivity index (χ2v) is 6.09. The summed E-state index contributed by atoms with van der Waals surface area (Å²) in [7, 11) is 4.03. The smallest absolute Gasteiger partial charge is 0.254 e. The molecule has 1 amide bonds. The monoisotopic (exact) mass is 336 g/mol. The average Bonchev–Trinajstić information content (AvgIpc) is 2.60. The molecule has 0 aliphatic carbocycles. The molecule has 0 aromatic carbocycles. The number of carbonyl (C=O) groups is 1. The van der Waals surface area contributed by atoms with Crippen molar-refractivity contribution in [2.24, 2.45) is 0 Å². The van der Waals surface area contributed by atoms with Gasteiger partial charge >= 0.3 is 0 Å². The maximum atomic E-state index is 12.0. The van der Waals surface area contributed by atoms with Gasteiger partial charge in [0.15, 0.2) is 0 Å². The second-order valence-electron chi connectivity index (χ2n) is 6.09. The van der Waals surface area contributed by atoms with Gasteiger partial charge in [-0.25, -0.2) is 9.97 Å². The highest BCUT2D eigenvalue weighted by Gasteiger charge is 2.10. The number of nitrogens with zero attached hydrogens (tertiary/aromatic N) is 4. The van der Waals surface area contributed by atoms with Gasteiger partial charge in [-0.15, -0.1) is 0 Å². The summed E-state index contributed by atoms with van der Waals surface area (Å²) < 4.78 is 5.32. The lowest BCUT2D eigenvalue weighted by Gasteiger charge is -2.26. The molecule has 1 aliphatic rings. The molecule has 0 radical (unpaired) electrons. The first-order valence-electron chi connectivity index (χ1n) is 8.44. The molecular formula is C16H28N6O2. The van der Waals surface area contributed by atoms with Gasteiger partial charge in [0.2, 0.25) is 5.95 Å². The van der Waals surface area contributed by atoms with Crippen LogP contribution in [0.5, 0.6) is 0 Å². The Hall–Kier alpha value is -1.77. The van der Waals surface area contributed by atoms with Crippen LogP contribution in [0.25, 0.3) is 0 Å². The third-order valence-corrected chi connectivity index (χ3v) is 3.80.